The molecule has 0 bridgehead atoms. The number of hydrogen-bond donors (Lipinski definition) is 5. The van der Waals surface area contributed by atoms with Gasteiger partial charge in [-0.3, -0.25) is 0 Å². The van der Waals surface area contributed by atoms with E-state index in [-0.39, 0.29) is 6.54 Å². The van der Waals surface area contributed by atoms with E-state index in [0.717, 1.165) is 29.4 Å². The number of aliphatic hydroxyl groups excluding tert-OH is 1. The number of benzene rings is 2. The van der Waals surface area contributed by atoms with Gasteiger partial charge in [0.15, 0.2) is 0 Å². The smallest absolute Gasteiger partial charge is 0.268 e. The van der Waals surface area contributed by atoms with Gasteiger partial charge in [0.25, 0.3) is 6.43 Å². The summed E-state index contributed by atoms with van der Waals surface area (Å²) in [5, 5.41) is 31.0. The van der Waals surface area contributed by atoms with Crippen molar-refractivity contribution in [3.8, 4) is 16.9 Å². The maximum atomic E-state index is 13.0. The van der Waals surface area contributed by atoms with Gasteiger partial charge in [-0.05, 0) is 24.1 Å². The first-order chi connectivity index (χ1) is 13.8. The Morgan fingerprint density at radius 2 is 1.79 bits per heavy atom. The van der Waals surface area contributed by atoms with Gasteiger partial charge in [-0.25, -0.2) is 8.78 Å². The summed E-state index contributed by atoms with van der Waals surface area (Å²) in [5.74, 6) is 0.771. The third-order valence-electron chi connectivity index (χ3n) is 4.61. The van der Waals surface area contributed by atoms with Crippen molar-refractivity contribution >= 4 is 6.08 Å². The number of hydrogen-bond acceptors (Lipinski definition) is 6. The van der Waals surface area contributed by atoms with Crippen LogP contribution < -0.4 is 15.5 Å². The molecule has 2 aromatic carbocycles. The van der Waals surface area contributed by atoms with Gasteiger partial charge in [0.1, 0.15) is 17.6 Å². The van der Waals surface area contributed by atoms with Gasteiger partial charge in [-0.15, -0.1) is 0 Å². The number of aliphatic hydroxyl groups is 2. The molecule has 5 N–H and O–H groups in total. The van der Waals surface area contributed by atoms with Crippen LogP contribution >= 0.6 is 0 Å². The molecular formula is C21H26F2N2O4. The molecule has 0 heterocycles. The minimum atomic E-state index is -3.12. The van der Waals surface area contributed by atoms with Crippen LogP contribution in [0.25, 0.3) is 17.2 Å². The number of alkyl halides is 2. The SMILES string of the molecule is COc1ccccc1-c1ccc(/C=C/CNC(C(O)NO)C(C)(O)C(F)F)cc1. The van der Waals surface area contributed by atoms with Crippen molar-refractivity contribution in [3.05, 3.63) is 60.2 Å². The second kappa shape index (κ2) is 10.4. The van der Waals surface area contributed by atoms with Crippen LogP contribution in [0.1, 0.15) is 12.5 Å². The van der Waals surface area contributed by atoms with Crippen molar-refractivity contribution in [1.29, 1.82) is 0 Å². The topological polar surface area (TPSA) is 94.0 Å². The summed E-state index contributed by atoms with van der Waals surface area (Å²) in [7, 11) is 1.62. The molecule has 2 aromatic rings. The van der Waals surface area contributed by atoms with E-state index in [1.807, 2.05) is 48.5 Å². The van der Waals surface area contributed by atoms with Gasteiger partial charge in [-0.2, -0.15) is 5.48 Å². The minimum Gasteiger partial charge on any atom is -0.496 e. The number of methoxy groups -OCH3 is 1. The van der Waals surface area contributed by atoms with Crippen molar-refractivity contribution in [2.75, 3.05) is 13.7 Å². The summed E-state index contributed by atoms with van der Waals surface area (Å²) >= 11 is 0. The lowest BCUT2D eigenvalue weighted by Crippen LogP contribution is -2.62. The van der Waals surface area contributed by atoms with Crippen molar-refractivity contribution < 1.29 is 28.9 Å². The standard InChI is InChI=1S/C21H26F2N2O4/c1-21(27,20(22)23)18(19(26)25-28)24-13-5-6-14-9-11-15(12-10-14)16-7-3-4-8-17(16)29-2/h3-12,18-20,24-28H,13H2,1-2H3/b6-5+. The van der Waals surface area contributed by atoms with Gasteiger partial charge in [0, 0.05) is 12.1 Å². The Hall–Kier alpha value is -2.36. The van der Waals surface area contributed by atoms with Crippen LogP contribution in [0.4, 0.5) is 8.78 Å². The number of ether oxygens (including phenoxy) is 1. The zero-order valence-corrected chi connectivity index (χ0v) is 16.2. The van der Waals surface area contributed by atoms with Crippen molar-refractivity contribution in [2.24, 2.45) is 0 Å². The monoisotopic (exact) mass is 408 g/mol. The minimum absolute atomic E-state index is 0.0839. The van der Waals surface area contributed by atoms with Crippen LogP contribution in [0.15, 0.2) is 54.6 Å². The molecule has 0 spiro atoms. The third kappa shape index (κ3) is 5.81. The van der Waals surface area contributed by atoms with E-state index < -0.39 is 24.3 Å². The molecule has 0 saturated carbocycles. The lowest BCUT2D eigenvalue weighted by molar-refractivity contribution is -0.147. The van der Waals surface area contributed by atoms with Gasteiger partial charge >= 0.3 is 0 Å². The fourth-order valence-electron chi connectivity index (χ4n) is 2.90. The van der Waals surface area contributed by atoms with E-state index in [2.05, 4.69) is 5.32 Å². The Morgan fingerprint density at radius 3 is 2.38 bits per heavy atom. The quantitative estimate of drug-likeness (QED) is 0.307. The zero-order valence-electron chi connectivity index (χ0n) is 16.2. The predicted octanol–water partition coefficient (Wildman–Crippen LogP) is 2.65. The highest BCUT2D eigenvalue weighted by Gasteiger charge is 2.44. The molecule has 0 fully saturated rings. The van der Waals surface area contributed by atoms with Crippen LogP contribution in [0, 0.1) is 0 Å². The van der Waals surface area contributed by atoms with E-state index >= 15 is 0 Å². The number of para-hydroxylation sites is 1. The Morgan fingerprint density at radius 1 is 1.14 bits per heavy atom. The summed E-state index contributed by atoms with van der Waals surface area (Å²) in [6, 6.07) is 13.9. The Kier molecular flexibility index (Phi) is 8.24. The van der Waals surface area contributed by atoms with Gasteiger partial charge < -0.3 is 25.5 Å². The van der Waals surface area contributed by atoms with Crippen LogP contribution in [-0.2, 0) is 0 Å². The van der Waals surface area contributed by atoms with Crippen LogP contribution in [0.5, 0.6) is 5.75 Å². The summed E-state index contributed by atoms with van der Waals surface area (Å²) < 4.78 is 31.4. The molecule has 0 saturated heterocycles. The predicted molar refractivity (Wildman–Crippen MR) is 107 cm³/mol. The van der Waals surface area contributed by atoms with E-state index in [4.69, 9.17) is 9.94 Å². The van der Waals surface area contributed by atoms with Gasteiger partial charge in [0.2, 0.25) is 0 Å². The summed E-state index contributed by atoms with van der Waals surface area (Å²) in [6.07, 6.45) is -1.45. The molecule has 6 nitrogen and oxygen atoms in total. The van der Waals surface area contributed by atoms with Crippen molar-refractivity contribution in [2.45, 2.75) is 31.2 Å². The maximum absolute atomic E-state index is 13.0. The maximum Gasteiger partial charge on any atom is 0.268 e. The molecule has 0 radical (unpaired) electrons. The second-order valence-electron chi connectivity index (χ2n) is 6.71. The van der Waals surface area contributed by atoms with Crippen LogP contribution in [0.2, 0.25) is 0 Å². The molecule has 29 heavy (non-hydrogen) atoms. The molecule has 158 valence electrons. The molecule has 0 aliphatic carbocycles. The number of nitrogens with one attached hydrogen (secondary N) is 2. The molecule has 2 rings (SSSR count). The highest BCUT2D eigenvalue weighted by Crippen LogP contribution is 2.29. The summed E-state index contributed by atoms with van der Waals surface area (Å²) in [6.45, 7) is 0.969. The second-order valence-corrected chi connectivity index (χ2v) is 6.71. The molecule has 3 atom stereocenters. The first-order valence-electron chi connectivity index (χ1n) is 9.02. The Bertz CT molecular complexity index is 798. The largest absolute Gasteiger partial charge is 0.496 e. The average molecular weight is 408 g/mol. The normalized spacial score (nSPS) is 16.0. The Labute approximate surface area is 168 Å². The number of hydroxylamine groups is 1. The summed E-state index contributed by atoms with van der Waals surface area (Å²) in [5.41, 5.74) is 1.77. The third-order valence-corrected chi connectivity index (χ3v) is 4.61. The van der Waals surface area contributed by atoms with Crippen molar-refractivity contribution in [1.82, 2.24) is 10.8 Å². The zero-order chi connectivity index (χ0) is 21.4. The Balaban J connectivity index is 2.03. The first-order valence-corrected chi connectivity index (χ1v) is 9.02. The fraction of sp³-hybridized carbons (Fsp3) is 0.333. The lowest BCUT2D eigenvalue weighted by Gasteiger charge is -2.35. The van der Waals surface area contributed by atoms with Crippen molar-refractivity contribution in [3.63, 3.8) is 0 Å². The lowest BCUT2D eigenvalue weighted by atomic mass is 9.95. The van der Waals surface area contributed by atoms with Crippen LogP contribution in [-0.4, -0.2) is 53.4 Å². The molecule has 3 unspecified atom stereocenters. The number of rotatable bonds is 10. The van der Waals surface area contributed by atoms with E-state index in [1.54, 1.807) is 19.3 Å². The highest BCUT2D eigenvalue weighted by atomic mass is 19.3. The van der Waals surface area contributed by atoms with Crippen LogP contribution in [0.3, 0.4) is 0 Å². The molecular weight excluding hydrogens is 382 g/mol. The average Bonchev–Trinajstić information content (AvgIpc) is 2.73. The highest BCUT2D eigenvalue weighted by molar-refractivity contribution is 5.71. The van der Waals surface area contributed by atoms with E-state index in [0.29, 0.717) is 0 Å². The molecule has 0 amide bonds. The fourth-order valence-corrected chi connectivity index (χ4v) is 2.90. The van der Waals surface area contributed by atoms with Gasteiger partial charge in [-0.1, -0.05) is 54.6 Å². The first kappa shape index (κ1) is 22.9. The van der Waals surface area contributed by atoms with E-state index in [1.165, 1.54) is 5.48 Å². The van der Waals surface area contributed by atoms with Gasteiger partial charge in [0.05, 0.1) is 13.2 Å². The molecule has 0 aromatic heterocycles. The molecule has 0 aliphatic heterocycles. The molecule has 8 heteroatoms. The summed E-state index contributed by atoms with van der Waals surface area (Å²) in [4.78, 5) is 0. The number of halogens is 2. The van der Waals surface area contributed by atoms with E-state index in [9.17, 15) is 19.0 Å². The molecule has 0 aliphatic rings.